The molecule has 0 saturated heterocycles. The maximum atomic E-state index is 13.8. The Kier molecular flexibility index (Phi) is 3.96. The predicted molar refractivity (Wildman–Crippen MR) is 91.3 cm³/mol. The largest absolute Gasteiger partial charge is 0.360 e. The number of carbonyl (C=O) groups is 1. The van der Waals surface area contributed by atoms with Gasteiger partial charge in [-0.15, -0.1) is 0 Å². The molecular formula is C19H13F2N3O2. The molecule has 0 fully saturated rings. The summed E-state index contributed by atoms with van der Waals surface area (Å²) in [5.74, 6) is -1.51. The molecule has 130 valence electrons. The third kappa shape index (κ3) is 2.95. The minimum atomic E-state index is -0.740. The summed E-state index contributed by atoms with van der Waals surface area (Å²) in [5.41, 5.74) is 1.92. The Balaban J connectivity index is 1.49. The number of fused-ring (bicyclic) bond motifs is 1. The Bertz CT molecular complexity index is 1100. The van der Waals surface area contributed by atoms with Gasteiger partial charge < -0.3 is 14.8 Å². The summed E-state index contributed by atoms with van der Waals surface area (Å²) in [7, 11) is 0. The maximum Gasteiger partial charge on any atom is 0.253 e. The number of aromatic nitrogens is 2. The van der Waals surface area contributed by atoms with Crippen molar-refractivity contribution in [1.82, 2.24) is 15.5 Å². The Morgan fingerprint density at radius 3 is 2.85 bits per heavy atom. The second kappa shape index (κ2) is 6.44. The number of aromatic amines is 1. The summed E-state index contributed by atoms with van der Waals surface area (Å²) < 4.78 is 31.9. The highest BCUT2D eigenvalue weighted by Gasteiger charge is 2.15. The Hall–Kier alpha value is -3.48. The summed E-state index contributed by atoms with van der Waals surface area (Å²) in [6.07, 6.45) is 1.64. The van der Waals surface area contributed by atoms with Crippen molar-refractivity contribution in [3.63, 3.8) is 0 Å². The van der Waals surface area contributed by atoms with E-state index in [0.29, 0.717) is 11.3 Å². The van der Waals surface area contributed by atoms with Crippen LogP contribution in [0.5, 0.6) is 0 Å². The van der Waals surface area contributed by atoms with Crippen molar-refractivity contribution in [2.24, 2.45) is 0 Å². The van der Waals surface area contributed by atoms with Gasteiger partial charge in [0.25, 0.3) is 5.91 Å². The number of amides is 1. The van der Waals surface area contributed by atoms with Crippen molar-refractivity contribution in [3.8, 4) is 11.3 Å². The molecule has 2 N–H and O–H groups in total. The van der Waals surface area contributed by atoms with E-state index in [9.17, 15) is 13.6 Å². The van der Waals surface area contributed by atoms with Gasteiger partial charge in [-0.25, -0.2) is 8.78 Å². The summed E-state index contributed by atoms with van der Waals surface area (Å²) >= 11 is 0. The molecule has 0 aliphatic heterocycles. The summed E-state index contributed by atoms with van der Waals surface area (Å²) in [5, 5.41) is 7.38. The van der Waals surface area contributed by atoms with Crippen LogP contribution in [0.3, 0.4) is 0 Å². The highest BCUT2D eigenvalue weighted by Crippen LogP contribution is 2.24. The van der Waals surface area contributed by atoms with Gasteiger partial charge in [0, 0.05) is 29.2 Å². The van der Waals surface area contributed by atoms with E-state index in [1.807, 2.05) is 24.3 Å². The van der Waals surface area contributed by atoms with E-state index in [2.05, 4.69) is 15.5 Å². The van der Waals surface area contributed by atoms with Crippen molar-refractivity contribution in [1.29, 1.82) is 0 Å². The maximum absolute atomic E-state index is 13.8. The molecule has 2 heterocycles. The Morgan fingerprint density at radius 2 is 2.00 bits per heavy atom. The van der Waals surface area contributed by atoms with Gasteiger partial charge in [-0.3, -0.25) is 4.79 Å². The van der Waals surface area contributed by atoms with E-state index in [1.54, 1.807) is 6.20 Å². The zero-order chi connectivity index (χ0) is 18.1. The van der Waals surface area contributed by atoms with Gasteiger partial charge in [-0.2, -0.15) is 0 Å². The van der Waals surface area contributed by atoms with Crippen molar-refractivity contribution in [2.45, 2.75) is 6.54 Å². The number of carbonyl (C=O) groups excluding carboxylic acids is 1. The highest BCUT2D eigenvalue weighted by atomic mass is 19.1. The lowest BCUT2D eigenvalue weighted by molar-refractivity contribution is 0.0952. The quantitative estimate of drug-likeness (QED) is 0.582. The van der Waals surface area contributed by atoms with Crippen LogP contribution in [0.25, 0.3) is 22.2 Å². The zero-order valence-corrected chi connectivity index (χ0v) is 13.4. The Labute approximate surface area is 146 Å². The second-order valence-electron chi connectivity index (χ2n) is 5.74. The van der Waals surface area contributed by atoms with Crippen LogP contribution >= 0.6 is 0 Å². The van der Waals surface area contributed by atoms with Gasteiger partial charge >= 0.3 is 0 Å². The number of hydrogen-bond donors (Lipinski definition) is 2. The van der Waals surface area contributed by atoms with Gasteiger partial charge in [0.05, 0.1) is 17.7 Å². The summed E-state index contributed by atoms with van der Waals surface area (Å²) in [4.78, 5) is 15.4. The first-order valence-corrected chi connectivity index (χ1v) is 7.87. The summed E-state index contributed by atoms with van der Waals surface area (Å²) in [6.45, 7) is 0.116. The molecule has 0 saturated carbocycles. The predicted octanol–water partition coefficient (Wildman–Crippen LogP) is 4.03. The number of rotatable bonds is 4. The molecule has 5 nitrogen and oxygen atoms in total. The third-order valence-electron chi connectivity index (χ3n) is 4.02. The van der Waals surface area contributed by atoms with Crippen molar-refractivity contribution in [3.05, 3.63) is 77.6 Å². The molecule has 0 radical (unpaired) electrons. The molecule has 0 atom stereocenters. The molecule has 0 unspecified atom stereocenters. The lowest BCUT2D eigenvalue weighted by Crippen LogP contribution is -2.22. The van der Waals surface area contributed by atoms with Crippen LogP contribution in [0, 0.1) is 11.6 Å². The Morgan fingerprint density at radius 1 is 1.15 bits per heavy atom. The van der Waals surface area contributed by atoms with Gasteiger partial charge in [-0.05, 0) is 18.2 Å². The lowest BCUT2D eigenvalue weighted by Gasteiger charge is -2.01. The first-order valence-electron chi connectivity index (χ1n) is 7.87. The van der Waals surface area contributed by atoms with Gasteiger partial charge in [-0.1, -0.05) is 23.4 Å². The summed E-state index contributed by atoms with van der Waals surface area (Å²) in [6, 6.07) is 12.2. The number of nitrogens with zero attached hydrogens (tertiary/aromatic N) is 1. The normalized spacial score (nSPS) is 11.0. The minimum Gasteiger partial charge on any atom is -0.360 e. The van der Waals surface area contributed by atoms with E-state index < -0.39 is 11.6 Å². The third-order valence-corrected chi connectivity index (χ3v) is 4.02. The van der Waals surface area contributed by atoms with E-state index in [1.165, 1.54) is 12.1 Å². The molecule has 7 heteroatoms. The molecule has 1 amide bonds. The molecule has 4 rings (SSSR count). The molecular weight excluding hydrogens is 340 g/mol. The van der Waals surface area contributed by atoms with Crippen LogP contribution in [-0.4, -0.2) is 16.0 Å². The first kappa shape index (κ1) is 16.0. The highest BCUT2D eigenvalue weighted by molar-refractivity contribution is 6.06. The smallest absolute Gasteiger partial charge is 0.253 e. The van der Waals surface area contributed by atoms with Crippen molar-refractivity contribution < 1.29 is 18.1 Å². The number of nitrogens with one attached hydrogen (secondary N) is 2. The van der Waals surface area contributed by atoms with Crippen molar-refractivity contribution >= 4 is 16.8 Å². The SMILES string of the molecule is O=C(NCc1cc(-c2ccc(F)cc2F)on1)c1c[nH]c2ccccc12. The van der Waals surface area contributed by atoms with Gasteiger partial charge in [0.2, 0.25) is 0 Å². The number of hydrogen-bond acceptors (Lipinski definition) is 3. The molecule has 0 bridgehead atoms. The average Bonchev–Trinajstić information content (AvgIpc) is 3.27. The fourth-order valence-electron chi connectivity index (χ4n) is 2.74. The minimum absolute atomic E-state index is 0.105. The standard InChI is InChI=1S/C19H13F2N3O2/c20-11-5-6-14(16(21)7-11)18-8-12(24-26-18)9-23-19(25)15-10-22-17-4-2-1-3-13(15)17/h1-8,10,22H,9H2,(H,23,25). The van der Waals surface area contributed by atoms with E-state index in [0.717, 1.165) is 23.0 Å². The number of para-hydroxylation sites is 1. The molecule has 0 spiro atoms. The van der Waals surface area contributed by atoms with Crippen molar-refractivity contribution in [2.75, 3.05) is 0 Å². The van der Waals surface area contributed by atoms with E-state index in [4.69, 9.17) is 4.52 Å². The molecule has 26 heavy (non-hydrogen) atoms. The van der Waals surface area contributed by atoms with Gasteiger partial charge in [0.1, 0.15) is 17.3 Å². The van der Waals surface area contributed by atoms with E-state index >= 15 is 0 Å². The molecule has 2 aromatic heterocycles. The lowest BCUT2D eigenvalue weighted by atomic mass is 10.1. The topological polar surface area (TPSA) is 70.9 Å². The van der Waals surface area contributed by atoms with Crippen LogP contribution in [0.1, 0.15) is 16.1 Å². The average molecular weight is 353 g/mol. The first-order chi connectivity index (χ1) is 12.6. The number of H-pyrrole nitrogens is 1. The van der Waals surface area contributed by atoms with Crippen LogP contribution in [-0.2, 0) is 6.54 Å². The van der Waals surface area contributed by atoms with E-state index in [-0.39, 0.29) is 23.8 Å². The zero-order valence-electron chi connectivity index (χ0n) is 13.4. The van der Waals surface area contributed by atoms with Gasteiger partial charge in [0.15, 0.2) is 5.76 Å². The molecule has 4 aromatic rings. The monoisotopic (exact) mass is 353 g/mol. The van der Waals surface area contributed by atoms with Crippen LogP contribution in [0.4, 0.5) is 8.78 Å². The molecule has 0 aliphatic rings. The van der Waals surface area contributed by atoms with Crippen LogP contribution in [0.15, 0.2) is 59.3 Å². The van der Waals surface area contributed by atoms with Crippen LogP contribution in [0.2, 0.25) is 0 Å². The number of benzene rings is 2. The number of halogens is 2. The second-order valence-corrected chi connectivity index (χ2v) is 5.74. The fourth-order valence-corrected chi connectivity index (χ4v) is 2.74. The van der Waals surface area contributed by atoms with Crippen LogP contribution < -0.4 is 5.32 Å². The fraction of sp³-hybridized carbons (Fsp3) is 0.0526. The molecule has 2 aromatic carbocycles. The molecule has 0 aliphatic carbocycles.